The van der Waals surface area contributed by atoms with Gasteiger partial charge >= 0.3 is 0 Å². The number of nitrogens with two attached hydrogens (primary N) is 1. The monoisotopic (exact) mass is 250 g/mol. The minimum atomic E-state index is -0.676. The number of carbonyl (C=O) groups excluding carboxylic acids is 2. The van der Waals surface area contributed by atoms with Gasteiger partial charge in [0.2, 0.25) is 5.88 Å². The Labute approximate surface area is 103 Å². The maximum Gasteiger partial charge on any atom is 0.299 e. The number of aromatic nitrogens is 1. The molecule has 0 radical (unpaired) electrons. The minimum Gasteiger partial charge on any atom is -0.462 e. The van der Waals surface area contributed by atoms with E-state index in [1.165, 1.54) is 16.9 Å². The van der Waals surface area contributed by atoms with Gasteiger partial charge in [0.25, 0.3) is 12.4 Å². The van der Waals surface area contributed by atoms with Gasteiger partial charge in [-0.15, -0.1) is 0 Å². The van der Waals surface area contributed by atoms with Gasteiger partial charge in [0.1, 0.15) is 0 Å². The number of furan rings is 1. The van der Waals surface area contributed by atoms with E-state index in [-0.39, 0.29) is 24.2 Å². The second-order valence-electron chi connectivity index (χ2n) is 4.31. The Balaban J connectivity index is 2.52. The predicted molar refractivity (Wildman–Crippen MR) is 64.3 cm³/mol. The smallest absolute Gasteiger partial charge is 0.299 e. The molecule has 96 valence electrons. The molecule has 0 spiro atoms. The van der Waals surface area contributed by atoms with Gasteiger partial charge in [0.05, 0.1) is 17.8 Å². The first-order chi connectivity index (χ1) is 8.56. The highest BCUT2D eigenvalue weighted by Crippen LogP contribution is 2.27. The number of ether oxygens (including phenoxy) is 1. The van der Waals surface area contributed by atoms with Crippen molar-refractivity contribution in [2.45, 2.75) is 19.9 Å². The quantitative estimate of drug-likeness (QED) is 0.828. The lowest BCUT2D eigenvalue weighted by Gasteiger charge is -2.16. The molecule has 0 saturated carbocycles. The van der Waals surface area contributed by atoms with Crippen LogP contribution in [0.25, 0.3) is 11.1 Å². The fourth-order valence-electron chi connectivity index (χ4n) is 1.70. The first kappa shape index (κ1) is 12.4. The fraction of sp³-hybridized carbons (Fsp3) is 0.333. The number of fused-ring (bicyclic) bond motifs is 1. The topological polar surface area (TPSA) is 87.5 Å². The summed E-state index contributed by atoms with van der Waals surface area (Å²) in [6.07, 6.45) is 1.46. The van der Waals surface area contributed by atoms with Crippen molar-refractivity contribution in [2.75, 3.05) is 0 Å². The van der Waals surface area contributed by atoms with E-state index in [4.69, 9.17) is 14.9 Å². The standard InChI is InChI=1S/C12H14N2O4/c1-7(2)11(13)12(16)14-8-3-4-17-9(8)5-10(14)18-6-15/h3-7,11H,13H2,1-2H3/t11-/m0/s1. The number of rotatable bonds is 4. The highest BCUT2D eigenvalue weighted by Gasteiger charge is 2.25. The van der Waals surface area contributed by atoms with Crippen LogP contribution < -0.4 is 10.5 Å². The third kappa shape index (κ3) is 1.91. The van der Waals surface area contributed by atoms with Gasteiger partial charge in [-0.1, -0.05) is 13.8 Å². The Morgan fingerprint density at radius 1 is 1.56 bits per heavy atom. The molecule has 0 aliphatic rings. The maximum atomic E-state index is 12.3. The molecule has 2 heterocycles. The van der Waals surface area contributed by atoms with Gasteiger partial charge in [-0.3, -0.25) is 9.59 Å². The van der Waals surface area contributed by atoms with Crippen molar-refractivity contribution in [3.63, 3.8) is 0 Å². The first-order valence-electron chi connectivity index (χ1n) is 5.55. The van der Waals surface area contributed by atoms with Crippen molar-refractivity contribution in [3.8, 4) is 5.88 Å². The average Bonchev–Trinajstić information content (AvgIpc) is 2.87. The second-order valence-corrected chi connectivity index (χ2v) is 4.31. The third-order valence-electron chi connectivity index (χ3n) is 2.78. The van der Waals surface area contributed by atoms with Crippen LogP contribution in [0.1, 0.15) is 18.6 Å². The minimum absolute atomic E-state index is 0.0223. The molecule has 2 rings (SSSR count). The van der Waals surface area contributed by atoms with Crippen LogP contribution >= 0.6 is 0 Å². The summed E-state index contributed by atoms with van der Waals surface area (Å²) >= 11 is 0. The lowest BCUT2D eigenvalue weighted by Crippen LogP contribution is -2.39. The van der Waals surface area contributed by atoms with Crippen LogP contribution in [0.5, 0.6) is 5.88 Å². The fourth-order valence-corrected chi connectivity index (χ4v) is 1.70. The lowest BCUT2D eigenvalue weighted by molar-refractivity contribution is -0.121. The second kappa shape index (κ2) is 4.66. The van der Waals surface area contributed by atoms with Crippen molar-refractivity contribution in [1.29, 1.82) is 0 Å². The molecule has 18 heavy (non-hydrogen) atoms. The van der Waals surface area contributed by atoms with Crippen LogP contribution in [-0.4, -0.2) is 23.0 Å². The van der Waals surface area contributed by atoms with E-state index < -0.39 is 6.04 Å². The molecule has 2 aromatic heterocycles. The number of hydrogen-bond acceptors (Lipinski definition) is 5. The summed E-state index contributed by atoms with van der Waals surface area (Å²) in [6, 6.07) is 2.43. The van der Waals surface area contributed by atoms with Crippen molar-refractivity contribution >= 4 is 23.5 Å². The van der Waals surface area contributed by atoms with Crippen LogP contribution in [0.4, 0.5) is 0 Å². The summed E-state index contributed by atoms with van der Waals surface area (Å²) in [4.78, 5) is 22.7. The molecule has 0 saturated heterocycles. The molecule has 2 N–H and O–H groups in total. The Bertz CT molecular complexity index is 582. The molecule has 6 heteroatoms. The summed E-state index contributed by atoms with van der Waals surface area (Å²) in [6.45, 7) is 3.96. The highest BCUT2D eigenvalue weighted by molar-refractivity contribution is 5.95. The molecular weight excluding hydrogens is 236 g/mol. The Morgan fingerprint density at radius 2 is 2.28 bits per heavy atom. The Kier molecular flexibility index (Phi) is 3.20. The molecule has 1 atom stereocenters. The van der Waals surface area contributed by atoms with Gasteiger partial charge in [0, 0.05) is 12.1 Å². The van der Waals surface area contributed by atoms with Crippen LogP contribution in [0.2, 0.25) is 0 Å². The molecular formula is C12H14N2O4. The molecule has 0 unspecified atom stereocenters. The molecule has 0 aliphatic heterocycles. The average molecular weight is 250 g/mol. The largest absolute Gasteiger partial charge is 0.462 e. The highest BCUT2D eigenvalue weighted by atomic mass is 16.5. The summed E-state index contributed by atoms with van der Waals surface area (Å²) in [5, 5.41) is 0. The number of carbonyl (C=O) groups is 2. The van der Waals surface area contributed by atoms with Crippen LogP contribution in [-0.2, 0) is 4.79 Å². The Morgan fingerprint density at radius 3 is 2.89 bits per heavy atom. The van der Waals surface area contributed by atoms with Gasteiger partial charge in [0.15, 0.2) is 5.58 Å². The SMILES string of the molecule is CC(C)[C@H](N)C(=O)n1c(OC=O)cc2occc21. The lowest BCUT2D eigenvalue weighted by atomic mass is 10.1. The zero-order valence-electron chi connectivity index (χ0n) is 10.1. The molecule has 0 aromatic carbocycles. The third-order valence-corrected chi connectivity index (χ3v) is 2.78. The summed E-state index contributed by atoms with van der Waals surface area (Å²) in [7, 11) is 0. The van der Waals surface area contributed by atoms with Crippen LogP contribution in [0.3, 0.4) is 0 Å². The molecule has 0 aliphatic carbocycles. The maximum absolute atomic E-state index is 12.3. The molecule has 2 aromatic rings. The van der Waals surface area contributed by atoms with E-state index >= 15 is 0 Å². The number of hydrogen-bond donors (Lipinski definition) is 1. The van der Waals surface area contributed by atoms with Gasteiger partial charge < -0.3 is 14.9 Å². The van der Waals surface area contributed by atoms with E-state index in [1.807, 2.05) is 13.8 Å². The Hall–Kier alpha value is -2.08. The molecule has 0 fully saturated rings. The van der Waals surface area contributed by atoms with E-state index in [0.29, 0.717) is 11.1 Å². The number of nitrogens with zero attached hydrogens (tertiary/aromatic N) is 1. The molecule has 0 bridgehead atoms. The van der Waals surface area contributed by atoms with E-state index in [0.717, 1.165) is 0 Å². The summed E-state index contributed by atoms with van der Waals surface area (Å²) in [5.74, 6) is -0.246. The van der Waals surface area contributed by atoms with E-state index in [9.17, 15) is 9.59 Å². The van der Waals surface area contributed by atoms with Crippen molar-refractivity contribution in [3.05, 3.63) is 18.4 Å². The van der Waals surface area contributed by atoms with Crippen molar-refractivity contribution < 1.29 is 18.7 Å². The van der Waals surface area contributed by atoms with Gasteiger partial charge in [-0.25, -0.2) is 4.57 Å². The summed E-state index contributed by atoms with van der Waals surface area (Å²) in [5.41, 5.74) is 6.83. The first-order valence-corrected chi connectivity index (χ1v) is 5.55. The van der Waals surface area contributed by atoms with E-state index in [1.54, 1.807) is 6.07 Å². The van der Waals surface area contributed by atoms with Crippen LogP contribution in [0.15, 0.2) is 22.8 Å². The normalized spacial score (nSPS) is 12.9. The predicted octanol–water partition coefficient (Wildman–Crippen LogP) is 1.39. The zero-order valence-corrected chi connectivity index (χ0v) is 10.1. The molecule has 0 amide bonds. The van der Waals surface area contributed by atoms with Gasteiger partial charge in [-0.05, 0) is 5.92 Å². The summed E-state index contributed by atoms with van der Waals surface area (Å²) < 4.78 is 11.2. The van der Waals surface area contributed by atoms with Crippen LogP contribution in [0, 0.1) is 5.92 Å². The van der Waals surface area contributed by atoms with Crippen molar-refractivity contribution in [2.24, 2.45) is 11.7 Å². The zero-order chi connectivity index (χ0) is 13.3. The van der Waals surface area contributed by atoms with Crippen molar-refractivity contribution in [1.82, 2.24) is 4.57 Å². The van der Waals surface area contributed by atoms with E-state index in [2.05, 4.69) is 0 Å². The molecule has 6 nitrogen and oxygen atoms in total. The van der Waals surface area contributed by atoms with Gasteiger partial charge in [-0.2, -0.15) is 0 Å².